The maximum Gasteiger partial charge on any atom is 0.269 e. The van der Waals surface area contributed by atoms with E-state index in [9.17, 15) is 28.1 Å². The van der Waals surface area contributed by atoms with Crippen molar-refractivity contribution < 1.29 is 22.9 Å². The number of thiazole rings is 1. The molecule has 13 heteroatoms. The molecular formula is C26H23N5O6S2. The topological polar surface area (TPSA) is 145 Å². The highest BCUT2D eigenvalue weighted by Crippen LogP contribution is 2.30. The Morgan fingerprint density at radius 2 is 1.82 bits per heavy atom. The average Bonchev–Trinajstić information content (AvgIpc) is 3.50. The molecule has 1 fully saturated rings. The third-order valence-electron chi connectivity index (χ3n) is 6.46. The number of amides is 2. The Bertz CT molecular complexity index is 1710. The molecule has 3 heterocycles. The van der Waals surface area contributed by atoms with Gasteiger partial charge in [0.1, 0.15) is 6.04 Å². The summed E-state index contributed by atoms with van der Waals surface area (Å²) in [6.45, 7) is 1.98. The van der Waals surface area contributed by atoms with Gasteiger partial charge in [0.2, 0.25) is 15.9 Å². The van der Waals surface area contributed by atoms with Crippen molar-refractivity contribution in [2.75, 3.05) is 18.1 Å². The van der Waals surface area contributed by atoms with Crippen LogP contribution in [0, 0.1) is 17.0 Å². The first-order valence-electron chi connectivity index (χ1n) is 11.8. The molecule has 5 rings (SSSR count). The molecule has 2 amide bonds. The number of carbonyl (C=O) groups is 2. The number of nitro groups is 1. The van der Waals surface area contributed by atoms with E-state index < -0.39 is 26.9 Å². The van der Waals surface area contributed by atoms with Crippen molar-refractivity contribution in [1.82, 2.24) is 13.9 Å². The molecule has 0 unspecified atom stereocenters. The van der Waals surface area contributed by atoms with Crippen LogP contribution in [0.15, 0.2) is 66.2 Å². The first-order valence-corrected chi connectivity index (χ1v) is 14.6. The molecule has 39 heavy (non-hydrogen) atoms. The minimum Gasteiger partial charge on any atom is -0.326 e. The Hall–Kier alpha value is -4.36. The number of rotatable bonds is 7. The largest absolute Gasteiger partial charge is 0.326 e. The molecular weight excluding hydrogens is 542 g/mol. The van der Waals surface area contributed by atoms with Gasteiger partial charge in [-0.25, -0.2) is 17.4 Å². The van der Waals surface area contributed by atoms with Crippen molar-refractivity contribution >= 4 is 44.0 Å². The van der Waals surface area contributed by atoms with Gasteiger partial charge < -0.3 is 10.2 Å². The molecule has 4 aromatic rings. The van der Waals surface area contributed by atoms with Crippen molar-refractivity contribution in [1.29, 1.82) is 0 Å². The lowest BCUT2D eigenvalue weighted by atomic mass is 10.0. The van der Waals surface area contributed by atoms with Crippen LogP contribution in [0.5, 0.6) is 0 Å². The summed E-state index contributed by atoms with van der Waals surface area (Å²) in [4.78, 5) is 42.3. The molecule has 0 bridgehead atoms. The molecule has 0 saturated carbocycles. The van der Waals surface area contributed by atoms with Gasteiger partial charge in [-0.15, -0.1) is 11.3 Å². The van der Waals surface area contributed by atoms with Crippen molar-refractivity contribution in [3.63, 3.8) is 0 Å². The fourth-order valence-corrected chi connectivity index (χ4v) is 5.99. The van der Waals surface area contributed by atoms with Gasteiger partial charge >= 0.3 is 0 Å². The number of likely N-dealkylation sites (tertiary alicyclic amines) is 1. The summed E-state index contributed by atoms with van der Waals surface area (Å²) in [7, 11) is -3.54. The van der Waals surface area contributed by atoms with E-state index in [2.05, 4.69) is 10.3 Å². The van der Waals surface area contributed by atoms with Gasteiger partial charge in [0.25, 0.3) is 11.6 Å². The van der Waals surface area contributed by atoms with Crippen LogP contribution in [-0.2, 0) is 14.8 Å². The maximum atomic E-state index is 13.0. The van der Waals surface area contributed by atoms with Crippen LogP contribution in [0.25, 0.3) is 22.4 Å². The Balaban J connectivity index is 1.27. The quantitative estimate of drug-likeness (QED) is 0.262. The van der Waals surface area contributed by atoms with Gasteiger partial charge in [0, 0.05) is 41.5 Å². The van der Waals surface area contributed by atoms with E-state index in [1.165, 1.54) is 40.6 Å². The Morgan fingerprint density at radius 1 is 1.10 bits per heavy atom. The minimum atomic E-state index is -3.54. The van der Waals surface area contributed by atoms with Crippen molar-refractivity contribution in [3.05, 3.63) is 87.5 Å². The van der Waals surface area contributed by atoms with Crippen LogP contribution >= 0.6 is 11.3 Å². The number of carbonyl (C=O) groups excluding carboxylic acids is 2. The normalized spacial score (nSPS) is 15.0. The Morgan fingerprint density at radius 3 is 2.44 bits per heavy atom. The van der Waals surface area contributed by atoms with Crippen molar-refractivity contribution in [3.8, 4) is 22.4 Å². The van der Waals surface area contributed by atoms with Crippen molar-refractivity contribution in [2.24, 2.45) is 0 Å². The number of aromatic nitrogens is 2. The number of aryl methyl sites for hydroxylation is 1. The number of hydrogen-bond acceptors (Lipinski definition) is 8. The Kier molecular flexibility index (Phi) is 6.78. The molecule has 1 aliphatic rings. The Labute approximate surface area is 227 Å². The van der Waals surface area contributed by atoms with E-state index in [0.29, 0.717) is 29.5 Å². The van der Waals surface area contributed by atoms with Crippen molar-refractivity contribution in [2.45, 2.75) is 19.4 Å². The van der Waals surface area contributed by atoms with Crippen LogP contribution in [0.3, 0.4) is 0 Å². The first-order chi connectivity index (χ1) is 18.5. The first kappa shape index (κ1) is 26.3. The predicted molar refractivity (Wildman–Crippen MR) is 147 cm³/mol. The van der Waals surface area contributed by atoms with E-state index in [4.69, 9.17) is 0 Å². The molecule has 2 aromatic carbocycles. The predicted octanol–water partition coefficient (Wildman–Crippen LogP) is 4.16. The third kappa shape index (κ3) is 5.31. The number of nitrogens with one attached hydrogen (secondary N) is 1. The van der Waals surface area contributed by atoms with Crippen LogP contribution in [0.1, 0.15) is 22.5 Å². The van der Waals surface area contributed by atoms with Crippen LogP contribution in [0.2, 0.25) is 0 Å². The summed E-state index contributed by atoms with van der Waals surface area (Å²) >= 11 is 1.25. The van der Waals surface area contributed by atoms with Gasteiger partial charge in [0.15, 0.2) is 5.13 Å². The summed E-state index contributed by atoms with van der Waals surface area (Å²) in [5.74, 6) is -0.774. The van der Waals surface area contributed by atoms with Crippen LogP contribution < -0.4 is 5.32 Å². The molecule has 0 spiro atoms. The molecule has 0 aliphatic carbocycles. The molecule has 1 saturated heterocycles. The number of nitrogens with zero attached hydrogens (tertiary/aromatic N) is 4. The molecule has 1 aliphatic heterocycles. The van der Waals surface area contributed by atoms with Gasteiger partial charge in [-0.3, -0.25) is 19.7 Å². The van der Waals surface area contributed by atoms with E-state index >= 15 is 0 Å². The zero-order chi connectivity index (χ0) is 27.9. The monoisotopic (exact) mass is 565 g/mol. The molecule has 1 atom stereocenters. The number of non-ortho nitro benzene ring substituents is 1. The average molecular weight is 566 g/mol. The fraction of sp³-hybridized carbons (Fsp3) is 0.192. The van der Waals surface area contributed by atoms with Crippen LogP contribution in [-0.4, -0.2) is 57.9 Å². The number of anilines is 1. The highest BCUT2D eigenvalue weighted by molar-refractivity contribution is 7.89. The zero-order valence-electron chi connectivity index (χ0n) is 20.9. The van der Waals surface area contributed by atoms with Crippen LogP contribution in [0.4, 0.5) is 10.8 Å². The van der Waals surface area contributed by atoms with E-state index in [1.807, 2.05) is 29.6 Å². The van der Waals surface area contributed by atoms with E-state index in [0.717, 1.165) is 26.9 Å². The maximum absolute atomic E-state index is 13.0. The zero-order valence-corrected chi connectivity index (χ0v) is 22.5. The highest BCUT2D eigenvalue weighted by Gasteiger charge is 2.38. The molecule has 0 radical (unpaired) electrons. The second-order valence-electron chi connectivity index (χ2n) is 9.14. The smallest absolute Gasteiger partial charge is 0.269 e. The number of benzene rings is 2. The third-order valence-corrected chi connectivity index (χ3v) is 8.33. The van der Waals surface area contributed by atoms with Gasteiger partial charge in [-0.2, -0.15) is 0 Å². The second kappa shape index (κ2) is 10.1. The second-order valence-corrected chi connectivity index (χ2v) is 11.9. The van der Waals surface area contributed by atoms with Gasteiger partial charge in [-0.1, -0.05) is 18.2 Å². The minimum absolute atomic E-state index is 0.0175. The molecule has 200 valence electrons. The molecule has 11 nitrogen and oxygen atoms in total. The molecule has 2 aromatic heterocycles. The summed E-state index contributed by atoms with van der Waals surface area (Å²) < 4.78 is 24.8. The lowest BCUT2D eigenvalue weighted by Gasteiger charge is -2.39. The SMILES string of the molecule is Cc1cc(C(=O)N2CC[C@H]2C(=O)Nc2nc(-c3cccc(-c4ccc([N+](=O)[O-])cc4)c3)cs2)cn1S(C)(=O)=O. The lowest BCUT2D eigenvalue weighted by Crippen LogP contribution is -2.56. The van der Waals surface area contributed by atoms with Gasteiger partial charge in [0.05, 0.1) is 22.4 Å². The standard InChI is InChI=1S/C26H23N5O6S2/c1-16-12-20(14-30(16)39(2,36)37)25(33)29-11-10-23(29)24(32)28-26-27-22(15-38-26)19-5-3-4-18(13-19)17-6-8-21(9-7-17)31(34)35/h3-9,12-15,23H,10-11H2,1-2H3,(H,27,28,32)/t23-/m0/s1. The highest BCUT2D eigenvalue weighted by atomic mass is 32.2. The molecule has 1 N–H and O–H groups in total. The summed E-state index contributed by atoms with van der Waals surface area (Å²) in [6, 6.07) is 14.6. The summed E-state index contributed by atoms with van der Waals surface area (Å²) in [5, 5.41) is 15.9. The van der Waals surface area contributed by atoms with Gasteiger partial charge in [-0.05, 0) is 48.7 Å². The fourth-order valence-electron chi connectivity index (χ4n) is 4.38. The van der Waals surface area contributed by atoms with E-state index in [-0.39, 0.29) is 17.2 Å². The van der Waals surface area contributed by atoms with E-state index in [1.54, 1.807) is 19.1 Å². The summed E-state index contributed by atoms with van der Waals surface area (Å²) in [5.41, 5.74) is 3.79. The number of nitro benzene ring substituents is 1. The summed E-state index contributed by atoms with van der Waals surface area (Å²) in [6.07, 6.45) is 2.82. The number of hydrogen-bond donors (Lipinski definition) is 1. The lowest BCUT2D eigenvalue weighted by molar-refractivity contribution is -0.384.